The molecular formula is C18H18N2O4. The van der Waals surface area contributed by atoms with Gasteiger partial charge in [-0.15, -0.1) is 0 Å². The number of rotatable bonds is 2. The minimum Gasteiger partial charge on any atom is -0.477 e. The predicted octanol–water partition coefficient (Wildman–Crippen LogP) is 1.75. The molecule has 6 nitrogen and oxygen atoms in total. The summed E-state index contributed by atoms with van der Waals surface area (Å²) in [6, 6.07) is 7.30. The van der Waals surface area contributed by atoms with Crippen LogP contribution in [0.3, 0.4) is 0 Å². The third-order valence-corrected chi connectivity index (χ3v) is 4.43. The van der Waals surface area contributed by atoms with Gasteiger partial charge in [0, 0.05) is 26.2 Å². The first-order chi connectivity index (χ1) is 11.4. The van der Waals surface area contributed by atoms with Gasteiger partial charge in [0.05, 0.1) is 5.69 Å². The molecule has 24 heavy (non-hydrogen) atoms. The summed E-state index contributed by atoms with van der Waals surface area (Å²) in [5.74, 6) is -1.29. The Labute approximate surface area is 139 Å². The molecule has 1 aromatic carbocycles. The van der Waals surface area contributed by atoms with Gasteiger partial charge in [0.1, 0.15) is 5.56 Å². The maximum absolute atomic E-state index is 12.8. The second-order valence-corrected chi connectivity index (χ2v) is 5.97. The normalized spacial score (nSPS) is 13.5. The van der Waals surface area contributed by atoms with Gasteiger partial charge in [-0.3, -0.25) is 14.2 Å². The van der Waals surface area contributed by atoms with E-state index in [1.54, 1.807) is 23.2 Å². The number of carbonyl (C=O) groups excluding carboxylic acids is 1. The lowest BCUT2D eigenvalue weighted by molar-refractivity contribution is -0.129. The number of aromatic carboxylic acids is 1. The number of benzene rings is 1. The minimum atomic E-state index is -1.23. The molecule has 2 heterocycles. The molecule has 3 rings (SSSR count). The van der Waals surface area contributed by atoms with Gasteiger partial charge >= 0.3 is 5.97 Å². The fourth-order valence-electron chi connectivity index (χ4n) is 3.16. The average Bonchev–Trinajstić information content (AvgIpc) is 2.54. The maximum atomic E-state index is 12.8. The van der Waals surface area contributed by atoms with Crippen molar-refractivity contribution in [3.05, 3.63) is 63.1 Å². The molecule has 0 radical (unpaired) electrons. The van der Waals surface area contributed by atoms with Crippen LogP contribution in [0.1, 0.15) is 34.0 Å². The van der Waals surface area contributed by atoms with Crippen LogP contribution in [-0.2, 0) is 17.8 Å². The molecule has 1 aliphatic rings. The van der Waals surface area contributed by atoms with Crippen molar-refractivity contribution in [2.45, 2.75) is 26.8 Å². The van der Waals surface area contributed by atoms with E-state index in [0.29, 0.717) is 36.3 Å². The Kier molecular flexibility index (Phi) is 3.97. The van der Waals surface area contributed by atoms with Crippen molar-refractivity contribution >= 4 is 11.9 Å². The van der Waals surface area contributed by atoms with Crippen molar-refractivity contribution in [3.63, 3.8) is 0 Å². The van der Waals surface area contributed by atoms with E-state index in [1.165, 1.54) is 11.5 Å². The van der Waals surface area contributed by atoms with E-state index in [-0.39, 0.29) is 11.5 Å². The van der Waals surface area contributed by atoms with Crippen molar-refractivity contribution in [1.82, 2.24) is 9.47 Å². The summed E-state index contributed by atoms with van der Waals surface area (Å²) < 4.78 is 1.38. The van der Waals surface area contributed by atoms with Crippen LogP contribution in [0.4, 0.5) is 0 Å². The number of para-hydroxylation sites is 1. The Hall–Kier alpha value is -2.89. The van der Waals surface area contributed by atoms with Gasteiger partial charge in [0.2, 0.25) is 5.91 Å². The van der Waals surface area contributed by atoms with Gasteiger partial charge < -0.3 is 10.0 Å². The van der Waals surface area contributed by atoms with Gasteiger partial charge in [0.25, 0.3) is 5.56 Å². The molecule has 2 aromatic rings. The summed E-state index contributed by atoms with van der Waals surface area (Å²) in [5, 5.41) is 9.54. The molecule has 1 aliphatic heterocycles. The van der Waals surface area contributed by atoms with Crippen molar-refractivity contribution < 1.29 is 14.7 Å². The van der Waals surface area contributed by atoms with E-state index in [1.807, 2.05) is 19.1 Å². The van der Waals surface area contributed by atoms with E-state index in [2.05, 4.69) is 0 Å². The molecule has 0 atom stereocenters. The number of aryl methyl sites for hydroxylation is 1. The van der Waals surface area contributed by atoms with Crippen LogP contribution in [-0.4, -0.2) is 33.0 Å². The zero-order valence-electron chi connectivity index (χ0n) is 13.6. The molecular weight excluding hydrogens is 308 g/mol. The van der Waals surface area contributed by atoms with Crippen molar-refractivity contribution in [2.24, 2.45) is 0 Å². The number of hydrogen-bond donors (Lipinski definition) is 1. The van der Waals surface area contributed by atoms with Crippen LogP contribution in [0.15, 0.2) is 35.3 Å². The molecule has 0 fully saturated rings. The summed E-state index contributed by atoms with van der Waals surface area (Å²) >= 11 is 0. The van der Waals surface area contributed by atoms with Crippen LogP contribution in [0.25, 0.3) is 5.69 Å². The van der Waals surface area contributed by atoms with Crippen LogP contribution in [0.2, 0.25) is 0 Å². The van der Waals surface area contributed by atoms with Gasteiger partial charge in [-0.2, -0.15) is 0 Å². The van der Waals surface area contributed by atoms with Crippen LogP contribution < -0.4 is 5.56 Å². The highest BCUT2D eigenvalue weighted by Gasteiger charge is 2.27. The topological polar surface area (TPSA) is 79.6 Å². The lowest BCUT2D eigenvalue weighted by Gasteiger charge is -2.29. The number of aromatic nitrogens is 1. The summed E-state index contributed by atoms with van der Waals surface area (Å²) in [4.78, 5) is 37.7. The molecule has 0 aliphatic carbocycles. The molecule has 0 saturated heterocycles. The minimum absolute atomic E-state index is 0.0637. The zero-order chi connectivity index (χ0) is 17.4. The first-order valence-electron chi connectivity index (χ1n) is 7.72. The number of pyridine rings is 1. The van der Waals surface area contributed by atoms with E-state index in [0.717, 1.165) is 5.56 Å². The monoisotopic (exact) mass is 326 g/mol. The third-order valence-electron chi connectivity index (χ3n) is 4.43. The molecule has 0 saturated carbocycles. The summed E-state index contributed by atoms with van der Waals surface area (Å²) in [7, 11) is 0. The summed E-state index contributed by atoms with van der Waals surface area (Å²) in [6.45, 7) is 4.09. The maximum Gasteiger partial charge on any atom is 0.341 e. The fraction of sp³-hybridized carbons (Fsp3) is 0.278. The molecule has 1 aromatic heterocycles. The Morgan fingerprint density at radius 3 is 2.54 bits per heavy atom. The predicted molar refractivity (Wildman–Crippen MR) is 88.5 cm³/mol. The lowest BCUT2D eigenvalue weighted by Crippen LogP contribution is -2.38. The Balaban J connectivity index is 2.26. The smallest absolute Gasteiger partial charge is 0.341 e. The highest BCUT2D eigenvalue weighted by molar-refractivity contribution is 5.89. The Morgan fingerprint density at radius 2 is 1.92 bits per heavy atom. The van der Waals surface area contributed by atoms with Crippen LogP contribution in [0, 0.1) is 6.92 Å². The first kappa shape index (κ1) is 16.0. The number of nitrogens with zero attached hydrogens (tertiary/aromatic N) is 2. The largest absolute Gasteiger partial charge is 0.477 e. The number of amides is 1. The van der Waals surface area contributed by atoms with Crippen LogP contribution >= 0.6 is 0 Å². The third kappa shape index (κ3) is 2.60. The van der Waals surface area contributed by atoms with Crippen molar-refractivity contribution in [2.75, 3.05) is 6.54 Å². The van der Waals surface area contributed by atoms with E-state index in [4.69, 9.17) is 0 Å². The average molecular weight is 326 g/mol. The van der Waals surface area contributed by atoms with Crippen molar-refractivity contribution in [3.8, 4) is 5.69 Å². The van der Waals surface area contributed by atoms with Crippen molar-refractivity contribution in [1.29, 1.82) is 0 Å². The van der Waals surface area contributed by atoms with Crippen LogP contribution in [0.5, 0.6) is 0 Å². The molecule has 0 bridgehead atoms. The molecule has 6 heteroatoms. The lowest BCUT2D eigenvalue weighted by atomic mass is 9.96. The van der Waals surface area contributed by atoms with Gasteiger partial charge in [-0.25, -0.2) is 4.79 Å². The van der Waals surface area contributed by atoms with Gasteiger partial charge in [0.15, 0.2) is 0 Å². The second kappa shape index (κ2) is 5.96. The summed E-state index contributed by atoms with van der Waals surface area (Å²) in [5.41, 5.74) is 2.03. The first-order valence-corrected chi connectivity index (χ1v) is 7.72. The molecule has 1 amide bonds. The van der Waals surface area contributed by atoms with E-state index in [9.17, 15) is 19.5 Å². The van der Waals surface area contributed by atoms with Gasteiger partial charge in [-0.1, -0.05) is 18.2 Å². The number of carbonyl (C=O) groups is 2. The van der Waals surface area contributed by atoms with Gasteiger partial charge in [-0.05, 0) is 36.1 Å². The number of carboxylic acid groups (broad SMARTS) is 1. The highest BCUT2D eigenvalue weighted by Crippen LogP contribution is 2.23. The molecule has 0 spiro atoms. The second-order valence-electron chi connectivity index (χ2n) is 5.97. The molecule has 1 N–H and O–H groups in total. The number of fused-ring (bicyclic) bond motifs is 1. The highest BCUT2D eigenvalue weighted by atomic mass is 16.4. The van der Waals surface area contributed by atoms with E-state index < -0.39 is 11.5 Å². The van der Waals surface area contributed by atoms with E-state index >= 15 is 0 Å². The SMILES string of the molecule is CC(=O)N1CCc2c(cn(-c3ccccc3C)c(=O)c2C(=O)O)C1. The molecule has 0 unspecified atom stereocenters. The fourth-order valence-corrected chi connectivity index (χ4v) is 3.16. The number of hydrogen-bond acceptors (Lipinski definition) is 3. The quantitative estimate of drug-likeness (QED) is 0.912. The Bertz CT molecular complexity index is 898. The standard InChI is InChI=1S/C18H18N2O4/c1-11-5-3-4-6-15(11)20-10-13-9-19(12(2)21)8-7-14(13)16(17(20)22)18(23)24/h3-6,10H,7-9H2,1-2H3,(H,23,24). The summed E-state index contributed by atoms with van der Waals surface area (Å²) in [6.07, 6.45) is 2.04. The number of carboxylic acids is 1. The Morgan fingerprint density at radius 1 is 1.21 bits per heavy atom. The molecule has 124 valence electrons. The zero-order valence-corrected chi connectivity index (χ0v) is 13.6.